The van der Waals surface area contributed by atoms with Gasteiger partial charge in [-0.15, -0.1) is 0 Å². The number of ether oxygens (including phenoxy) is 2. The SMILES string of the molecule is BrCc1ccc(OCC2CCCCO2)c(Br)c1. The zero-order valence-electron chi connectivity index (χ0n) is 9.62. The van der Waals surface area contributed by atoms with Crippen molar-refractivity contribution in [2.24, 2.45) is 0 Å². The van der Waals surface area contributed by atoms with Gasteiger partial charge in [-0.05, 0) is 52.9 Å². The summed E-state index contributed by atoms with van der Waals surface area (Å²) >= 11 is 6.96. The third kappa shape index (κ3) is 3.97. The lowest BCUT2D eigenvalue weighted by Gasteiger charge is -2.22. The first-order chi connectivity index (χ1) is 8.29. The molecular weight excluding hydrogens is 348 g/mol. The predicted molar refractivity (Wildman–Crippen MR) is 75.9 cm³/mol. The number of hydrogen-bond acceptors (Lipinski definition) is 2. The molecule has 0 N–H and O–H groups in total. The second-order valence-electron chi connectivity index (χ2n) is 4.20. The minimum Gasteiger partial charge on any atom is -0.490 e. The van der Waals surface area contributed by atoms with Crippen LogP contribution in [0, 0.1) is 0 Å². The van der Waals surface area contributed by atoms with E-state index in [1.165, 1.54) is 18.4 Å². The Hall–Kier alpha value is -0.0600. The fourth-order valence-corrected chi connectivity index (χ4v) is 2.76. The summed E-state index contributed by atoms with van der Waals surface area (Å²) in [5.41, 5.74) is 1.23. The normalized spacial score (nSPS) is 20.2. The van der Waals surface area contributed by atoms with E-state index in [9.17, 15) is 0 Å². The van der Waals surface area contributed by atoms with Crippen molar-refractivity contribution in [1.29, 1.82) is 0 Å². The highest BCUT2D eigenvalue weighted by Gasteiger charge is 2.15. The van der Waals surface area contributed by atoms with E-state index in [0.717, 1.165) is 28.6 Å². The van der Waals surface area contributed by atoms with Gasteiger partial charge in [-0.3, -0.25) is 0 Å². The van der Waals surface area contributed by atoms with E-state index < -0.39 is 0 Å². The molecule has 1 aromatic carbocycles. The van der Waals surface area contributed by atoms with Crippen LogP contribution < -0.4 is 4.74 Å². The molecular formula is C13H16Br2O2. The minimum atomic E-state index is 0.256. The average Bonchev–Trinajstić information content (AvgIpc) is 2.38. The molecule has 1 atom stereocenters. The van der Waals surface area contributed by atoms with Crippen LogP contribution in [0.15, 0.2) is 22.7 Å². The van der Waals surface area contributed by atoms with Gasteiger partial charge in [0.1, 0.15) is 12.4 Å². The highest BCUT2D eigenvalue weighted by Crippen LogP contribution is 2.27. The number of benzene rings is 1. The molecule has 1 heterocycles. The molecule has 17 heavy (non-hydrogen) atoms. The van der Waals surface area contributed by atoms with E-state index in [1.54, 1.807) is 0 Å². The van der Waals surface area contributed by atoms with Gasteiger partial charge in [-0.2, -0.15) is 0 Å². The highest BCUT2D eigenvalue weighted by molar-refractivity contribution is 9.10. The van der Waals surface area contributed by atoms with Crippen molar-refractivity contribution in [3.63, 3.8) is 0 Å². The van der Waals surface area contributed by atoms with Crippen LogP contribution in [0.25, 0.3) is 0 Å². The largest absolute Gasteiger partial charge is 0.490 e. The van der Waals surface area contributed by atoms with Gasteiger partial charge in [-0.25, -0.2) is 0 Å². The zero-order chi connectivity index (χ0) is 12.1. The molecule has 2 rings (SSSR count). The summed E-state index contributed by atoms with van der Waals surface area (Å²) in [6, 6.07) is 6.14. The first-order valence-corrected chi connectivity index (χ1v) is 7.80. The Balaban J connectivity index is 1.89. The molecule has 0 radical (unpaired) electrons. The molecule has 0 amide bonds. The van der Waals surface area contributed by atoms with Crippen LogP contribution in [0.2, 0.25) is 0 Å². The van der Waals surface area contributed by atoms with E-state index in [-0.39, 0.29) is 6.10 Å². The molecule has 0 aliphatic carbocycles. The van der Waals surface area contributed by atoms with Crippen LogP contribution in [-0.2, 0) is 10.1 Å². The van der Waals surface area contributed by atoms with Crippen molar-refractivity contribution >= 4 is 31.9 Å². The zero-order valence-corrected chi connectivity index (χ0v) is 12.8. The summed E-state index contributed by atoms with van der Waals surface area (Å²) < 4.78 is 12.4. The van der Waals surface area contributed by atoms with Gasteiger partial charge in [0.2, 0.25) is 0 Å². The summed E-state index contributed by atoms with van der Waals surface area (Å²) in [5, 5.41) is 0.859. The number of hydrogen-bond donors (Lipinski definition) is 0. The van der Waals surface area contributed by atoms with Gasteiger partial charge in [0.15, 0.2) is 0 Å². The van der Waals surface area contributed by atoms with E-state index >= 15 is 0 Å². The van der Waals surface area contributed by atoms with Crippen LogP contribution in [0.3, 0.4) is 0 Å². The van der Waals surface area contributed by atoms with Crippen molar-refractivity contribution in [3.05, 3.63) is 28.2 Å². The van der Waals surface area contributed by atoms with E-state index in [4.69, 9.17) is 9.47 Å². The standard InChI is InChI=1S/C13H16Br2O2/c14-8-10-4-5-13(12(15)7-10)17-9-11-3-1-2-6-16-11/h4-5,7,11H,1-3,6,8-9H2. The third-order valence-corrected chi connectivity index (χ3v) is 4.12. The number of rotatable bonds is 4. The Bertz CT molecular complexity index is 362. The fraction of sp³-hybridized carbons (Fsp3) is 0.538. The van der Waals surface area contributed by atoms with Crippen LogP contribution in [0.5, 0.6) is 5.75 Å². The van der Waals surface area contributed by atoms with Gasteiger partial charge in [0.05, 0.1) is 10.6 Å². The maximum Gasteiger partial charge on any atom is 0.133 e. The molecule has 0 saturated carbocycles. The maximum absolute atomic E-state index is 5.79. The van der Waals surface area contributed by atoms with Crippen LogP contribution in [-0.4, -0.2) is 19.3 Å². The molecule has 1 aliphatic rings. The van der Waals surface area contributed by atoms with Crippen molar-refractivity contribution < 1.29 is 9.47 Å². The van der Waals surface area contributed by atoms with Gasteiger partial charge >= 0.3 is 0 Å². The molecule has 1 aliphatic heterocycles. The van der Waals surface area contributed by atoms with Crippen molar-refractivity contribution in [3.8, 4) is 5.75 Å². The van der Waals surface area contributed by atoms with E-state index in [2.05, 4.69) is 44.0 Å². The monoisotopic (exact) mass is 362 g/mol. The van der Waals surface area contributed by atoms with Crippen LogP contribution in [0.4, 0.5) is 0 Å². The summed E-state index contributed by atoms with van der Waals surface area (Å²) in [5.74, 6) is 0.892. The Morgan fingerprint density at radius 3 is 2.88 bits per heavy atom. The lowest BCUT2D eigenvalue weighted by Crippen LogP contribution is -2.25. The molecule has 1 unspecified atom stereocenters. The molecule has 1 fully saturated rings. The van der Waals surface area contributed by atoms with Gasteiger partial charge in [0, 0.05) is 11.9 Å². The molecule has 0 bridgehead atoms. The molecule has 94 valence electrons. The number of halogens is 2. The van der Waals surface area contributed by atoms with Crippen LogP contribution >= 0.6 is 31.9 Å². The van der Waals surface area contributed by atoms with E-state index in [1.807, 2.05) is 6.07 Å². The molecule has 1 saturated heterocycles. The summed E-state index contributed by atoms with van der Waals surface area (Å²) in [6.45, 7) is 1.52. The first-order valence-electron chi connectivity index (χ1n) is 5.88. The average molecular weight is 364 g/mol. The first kappa shape index (κ1) is 13.4. The summed E-state index contributed by atoms with van der Waals surface area (Å²) in [6.07, 6.45) is 3.79. The summed E-state index contributed by atoms with van der Waals surface area (Å²) in [7, 11) is 0. The Morgan fingerprint density at radius 1 is 1.35 bits per heavy atom. The lowest BCUT2D eigenvalue weighted by atomic mass is 10.1. The van der Waals surface area contributed by atoms with Crippen molar-refractivity contribution in [1.82, 2.24) is 0 Å². The van der Waals surface area contributed by atoms with Crippen LogP contribution in [0.1, 0.15) is 24.8 Å². The van der Waals surface area contributed by atoms with Gasteiger partial charge in [0.25, 0.3) is 0 Å². The second-order valence-corrected chi connectivity index (χ2v) is 5.61. The summed E-state index contributed by atoms with van der Waals surface area (Å²) in [4.78, 5) is 0. The Morgan fingerprint density at radius 2 is 2.24 bits per heavy atom. The quantitative estimate of drug-likeness (QED) is 0.743. The molecule has 1 aromatic rings. The van der Waals surface area contributed by atoms with Gasteiger partial charge < -0.3 is 9.47 Å². The topological polar surface area (TPSA) is 18.5 Å². The Labute approximate surface area is 119 Å². The maximum atomic E-state index is 5.79. The minimum absolute atomic E-state index is 0.256. The fourth-order valence-electron chi connectivity index (χ4n) is 1.87. The van der Waals surface area contributed by atoms with Gasteiger partial charge in [-0.1, -0.05) is 22.0 Å². The predicted octanol–water partition coefficient (Wildman–Crippen LogP) is 4.29. The third-order valence-electron chi connectivity index (χ3n) is 2.85. The number of alkyl halides is 1. The molecule has 0 spiro atoms. The smallest absolute Gasteiger partial charge is 0.133 e. The van der Waals surface area contributed by atoms with Crippen molar-refractivity contribution in [2.75, 3.05) is 13.2 Å². The second kappa shape index (κ2) is 6.76. The lowest BCUT2D eigenvalue weighted by molar-refractivity contribution is -0.0112. The Kier molecular flexibility index (Phi) is 5.32. The van der Waals surface area contributed by atoms with E-state index in [0.29, 0.717) is 6.61 Å². The molecule has 4 heteroatoms. The molecule has 0 aromatic heterocycles. The highest BCUT2D eigenvalue weighted by atomic mass is 79.9. The molecule has 2 nitrogen and oxygen atoms in total. The van der Waals surface area contributed by atoms with Crippen molar-refractivity contribution in [2.45, 2.75) is 30.7 Å².